The van der Waals surface area contributed by atoms with Crippen LogP contribution in [0.1, 0.15) is 5.56 Å². The molecule has 38 heavy (non-hydrogen) atoms. The molecule has 5 rings (SSSR count). The summed E-state index contributed by atoms with van der Waals surface area (Å²) in [5.41, 5.74) is 0.860. The van der Waals surface area contributed by atoms with Crippen molar-refractivity contribution in [2.75, 3.05) is 6.61 Å². The van der Waals surface area contributed by atoms with E-state index in [-0.39, 0.29) is 18.9 Å². The van der Waals surface area contributed by atoms with Crippen molar-refractivity contribution in [1.82, 2.24) is 16.0 Å². The van der Waals surface area contributed by atoms with Crippen LogP contribution in [0.15, 0.2) is 103 Å². The van der Waals surface area contributed by atoms with Crippen molar-refractivity contribution in [3.8, 4) is 11.5 Å². The van der Waals surface area contributed by atoms with Gasteiger partial charge < -0.3 is 25.4 Å². The van der Waals surface area contributed by atoms with Gasteiger partial charge in [-0.25, -0.2) is 0 Å². The molecule has 0 spiro atoms. The highest BCUT2D eigenvalue weighted by atomic mass is 16.5. The second-order valence-corrected chi connectivity index (χ2v) is 8.95. The molecule has 1 fully saturated rings. The predicted octanol–water partition coefficient (Wildman–Crippen LogP) is 2.97. The fourth-order valence-electron chi connectivity index (χ4n) is 4.19. The van der Waals surface area contributed by atoms with E-state index in [1.165, 1.54) is 0 Å². The first-order valence-electron chi connectivity index (χ1n) is 12.3. The second kappa shape index (κ2) is 11.5. The molecule has 1 aliphatic rings. The van der Waals surface area contributed by atoms with Crippen LogP contribution in [0.4, 0.5) is 0 Å². The third-order valence-electron chi connectivity index (χ3n) is 6.20. The Morgan fingerprint density at radius 2 is 1.50 bits per heavy atom. The number of carbonyl (C=O) groups is 3. The number of amides is 3. The molecule has 0 bridgehead atoms. The first-order chi connectivity index (χ1) is 18.5. The number of carbonyl (C=O) groups excluding carboxylic acids is 3. The van der Waals surface area contributed by atoms with Gasteiger partial charge in [0.15, 0.2) is 12.6 Å². The summed E-state index contributed by atoms with van der Waals surface area (Å²) >= 11 is 0. The quantitative estimate of drug-likeness (QED) is 0.285. The van der Waals surface area contributed by atoms with E-state index in [0.29, 0.717) is 11.5 Å². The van der Waals surface area contributed by atoms with Crippen LogP contribution < -0.4 is 25.4 Å². The summed E-state index contributed by atoms with van der Waals surface area (Å²) in [6.07, 6.45) is -0.467. The Balaban J connectivity index is 1.23. The summed E-state index contributed by atoms with van der Waals surface area (Å²) in [6.45, 7) is -0.263. The molecule has 0 aliphatic carbocycles. The van der Waals surface area contributed by atoms with E-state index >= 15 is 0 Å². The maximum absolute atomic E-state index is 13.2. The van der Waals surface area contributed by atoms with Gasteiger partial charge in [-0.15, -0.1) is 0 Å². The van der Waals surface area contributed by atoms with Crippen molar-refractivity contribution >= 4 is 28.5 Å². The van der Waals surface area contributed by atoms with E-state index in [1.54, 1.807) is 18.2 Å². The fraction of sp³-hybridized carbons (Fsp3) is 0.167. The molecular weight excluding hydrogens is 482 g/mol. The van der Waals surface area contributed by atoms with Gasteiger partial charge in [0.05, 0.1) is 0 Å². The number of hydrogen-bond acceptors (Lipinski definition) is 5. The fourth-order valence-corrected chi connectivity index (χ4v) is 4.19. The predicted molar refractivity (Wildman–Crippen MR) is 142 cm³/mol. The van der Waals surface area contributed by atoms with Crippen LogP contribution >= 0.6 is 0 Å². The molecule has 0 aromatic heterocycles. The number of fused-ring (bicyclic) bond motifs is 1. The number of nitrogens with one attached hydrogen (secondary N) is 3. The van der Waals surface area contributed by atoms with Gasteiger partial charge in [-0.05, 0) is 40.6 Å². The Kier molecular flexibility index (Phi) is 7.49. The highest BCUT2D eigenvalue weighted by Crippen LogP contribution is 2.20. The molecule has 3 amide bonds. The molecule has 4 aromatic carbocycles. The highest BCUT2D eigenvalue weighted by molar-refractivity contribution is 5.95. The first kappa shape index (κ1) is 24.8. The Morgan fingerprint density at radius 1 is 0.816 bits per heavy atom. The molecule has 3 N–H and O–H groups in total. The van der Waals surface area contributed by atoms with Crippen molar-refractivity contribution in [1.29, 1.82) is 0 Å². The Bertz CT molecular complexity index is 1430. The van der Waals surface area contributed by atoms with Crippen molar-refractivity contribution in [2.45, 2.75) is 24.7 Å². The van der Waals surface area contributed by atoms with Crippen LogP contribution in [0.2, 0.25) is 0 Å². The van der Waals surface area contributed by atoms with E-state index in [4.69, 9.17) is 9.47 Å². The molecule has 0 saturated carbocycles. The zero-order valence-corrected chi connectivity index (χ0v) is 20.5. The minimum absolute atomic E-state index is 0.243. The third kappa shape index (κ3) is 6.10. The van der Waals surface area contributed by atoms with E-state index in [1.807, 2.05) is 84.9 Å². The average Bonchev–Trinajstić information content (AvgIpc) is 2.95. The van der Waals surface area contributed by atoms with Gasteiger partial charge in [-0.1, -0.05) is 78.9 Å². The lowest BCUT2D eigenvalue weighted by molar-refractivity contribution is -0.144. The molecule has 3 unspecified atom stereocenters. The first-order valence-corrected chi connectivity index (χ1v) is 12.3. The number of hydrogen-bond donors (Lipinski definition) is 3. The molecule has 8 nitrogen and oxygen atoms in total. The van der Waals surface area contributed by atoms with Gasteiger partial charge in [0, 0.05) is 6.42 Å². The van der Waals surface area contributed by atoms with E-state index in [0.717, 1.165) is 16.3 Å². The molecule has 1 heterocycles. The minimum atomic E-state index is -0.920. The van der Waals surface area contributed by atoms with Crippen molar-refractivity contribution < 1.29 is 23.9 Å². The van der Waals surface area contributed by atoms with Crippen LogP contribution in [0.25, 0.3) is 10.8 Å². The molecule has 4 aromatic rings. The zero-order valence-electron chi connectivity index (χ0n) is 20.5. The number of benzene rings is 4. The molecule has 1 aliphatic heterocycles. The molecular formula is C30H27N3O5. The monoisotopic (exact) mass is 509 g/mol. The lowest BCUT2D eigenvalue weighted by Gasteiger charge is -2.37. The maximum atomic E-state index is 13.2. The van der Waals surface area contributed by atoms with E-state index < -0.39 is 30.1 Å². The highest BCUT2D eigenvalue weighted by Gasteiger charge is 2.43. The minimum Gasteiger partial charge on any atom is -0.484 e. The summed E-state index contributed by atoms with van der Waals surface area (Å²) in [7, 11) is 0. The molecule has 8 heteroatoms. The number of rotatable bonds is 10. The van der Waals surface area contributed by atoms with Crippen LogP contribution in [0.3, 0.4) is 0 Å². The standard InChI is InChI=1S/C30H27N3O5/c34-26(19-37-24-16-15-21-11-7-8-12-22(21)18-24)31-25(17-20-9-3-1-4-10-20)28(35)32-27-29(36)33-30(27)38-23-13-5-2-6-14-23/h1-16,18,25,27,30H,17,19H2,(H,31,34)(H,32,35)(H,33,36). The Hall–Kier alpha value is -4.85. The maximum Gasteiger partial charge on any atom is 0.258 e. The van der Waals surface area contributed by atoms with E-state index in [9.17, 15) is 14.4 Å². The smallest absolute Gasteiger partial charge is 0.258 e. The number of para-hydroxylation sites is 1. The summed E-state index contributed by atoms with van der Waals surface area (Å²) in [6, 6.07) is 30.0. The molecule has 3 atom stereocenters. The number of ether oxygens (including phenoxy) is 2. The van der Waals surface area contributed by atoms with Gasteiger partial charge in [0.1, 0.15) is 17.5 Å². The van der Waals surface area contributed by atoms with Gasteiger partial charge in [0.2, 0.25) is 12.1 Å². The molecule has 192 valence electrons. The summed E-state index contributed by atoms with van der Waals surface area (Å²) in [5, 5.41) is 10.2. The summed E-state index contributed by atoms with van der Waals surface area (Å²) in [4.78, 5) is 38.3. The lowest BCUT2D eigenvalue weighted by Crippen LogP contribution is -2.72. The van der Waals surface area contributed by atoms with Crippen molar-refractivity contribution in [3.05, 3.63) is 109 Å². The van der Waals surface area contributed by atoms with Crippen LogP contribution in [0.5, 0.6) is 11.5 Å². The van der Waals surface area contributed by atoms with Gasteiger partial charge in [0.25, 0.3) is 11.8 Å². The van der Waals surface area contributed by atoms with E-state index in [2.05, 4.69) is 16.0 Å². The normalized spacial score (nSPS) is 17.0. The van der Waals surface area contributed by atoms with Crippen LogP contribution in [-0.4, -0.2) is 42.6 Å². The Morgan fingerprint density at radius 3 is 2.24 bits per heavy atom. The van der Waals surface area contributed by atoms with Gasteiger partial charge in [-0.2, -0.15) is 0 Å². The number of β-lactam (4-membered cyclic amide) rings is 1. The average molecular weight is 510 g/mol. The lowest BCUT2D eigenvalue weighted by atomic mass is 10.0. The van der Waals surface area contributed by atoms with Crippen molar-refractivity contribution in [2.24, 2.45) is 0 Å². The summed E-state index contributed by atoms with van der Waals surface area (Å²) in [5.74, 6) is -0.186. The van der Waals surface area contributed by atoms with Crippen LogP contribution in [-0.2, 0) is 20.8 Å². The largest absolute Gasteiger partial charge is 0.484 e. The summed E-state index contributed by atoms with van der Waals surface area (Å²) < 4.78 is 11.5. The molecule has 0 radical (unpaired) electrons. The van der Waals surface area contributed by atoms with Crippen molar-refractivity contribution in [3.63, 3.8) is 0 Å². The van der Waals surface area contributed by atoms with Gasteiger partial charge in [-0.3, -0.25) is 14.4 Å². The molecule has 1 saturated heterocycles. The van der Waals surface area contributed by atoms with Gasteiger partial charge >= 0.3 is 0 Å². The van der Waals surface area contributed by atoms with Crippen LogP contribution in [0, 0.1) is 0 Å². The topological polar surface area (TPSA) is 106 Å². The zero-order chi connectivity index (χ0) is 26.3. The SMILES string of the molecule is O=C(COc1ccc2ccccc2c1)NC(Cc1ccccc1)C(=O)NC1C(=O)NC1Oc1ccccc1. The third-order valence-corrected chi connectivity index (χ3v) is 6.20. The Labute approximate surface area is 220 Å². The second-order valence-electron chi connectivity index (χ2n) is 8.95.